The maximum Gasteiger partial charge on any atom is 0.238 e. The molecule has 2 heteroatoms. The Morgan fingerprint density at radius 2 is 1.32 bits per heavy atom. The predicted molar refractivity (Wildman–Crippen MR) is 102 cm³/mol. The van der Waals surface area contributed by atoms with Crippen LogP contribution in [0, 0.1) is 0 Å². The Hall–Kier alpha value is -2.87. The van der Waals surface area contributed by atoms with E-state index in [0.29, 0.717) is 6.54 Å². The van der Waals surface area contributed by atoms with Crippen LogP contribution < -0.4 is 4.90 Å². The van der Waals surface area contributed by atoms with Crippen LogP contribution in [0.5, 0.6) is 0 Å². The van der Waals surface area contributed by atoms with Crippen LogP contribution >= 0.6 is 0 Å². The first kappa shape index (κ1) is 15.6. The van der Waals surface area contributed by atoms with Gasteiger partial charge in [0.25, 0.3) is 0 Å². The third-order valence-corrected chi connectivity index (χ3v) is 5.09. The minimum atomic E-state index is -0.521. The summed E-state index contributed by atoms with van der Waals surface area (Å²) in [4.78, 5) is 15.4. The summed E-state index contributed by atoms with van der Waals surface area (Å²) in [7, 11) is 0. The Morgan fingerprint density at radius 1 is 0.760 bits per heavy atom. The quantitative estimate of drug-likeness (QED) is 0.678. The number of amides is 1. The lowest BCUT2D eigenvalue weighted by atomic mass is 9.78. The fourth-order valence-corrected chi connectivity index (χ4v) is 3.80. The number of carbonyl (C=O) groups excluding carboxylic acids is 1. The molecule has 0 radical (unpaired) electrons. The second kappa shape index (κ2) is 6.21. The van der Waals surface area contributed by atoms with E-state index < -0.39 is 5.41 Å². The number of benzene rings is 3. The number of carbonyl (C=O) groups is 1. The molecule has 124 valence electrons. The van der Waals surface area contributed by atoms with Gasteiger partial charge < -0.3 is 4.90 Å². The number of fused-ring (bicyclic) bond motifs is 1. The maximum absolute atomic E-state index is 13.4. The highest BCUT2D eigenvalue weighted by molar-refractivity contribution is 6.08. The van der Waals surface area contributed by atoms with E-state index in [9.17, 15) is 4.79 Å². The molecule has 0 saturated carbocycles. The van der Waals surface area contributed by atoms with Gasteiger partial charge in [-0.05, 0) is 36.1 Å². The first-order chi connectivity index (χ1) is 12.2. The van der Waals surface area contributed by atoms with E-state index in [1.807, 2.05) is 53.4 Å². The molecule has 4 rings (SSSR count). The fraction of sp³-hybridized carbons (Fsp3) is 0.174. The average molecular weight is 327 g/mol. The Kier molecular flexibility index (Phi) is 3.89. The van der Waals surface area contributed by atoms with Crippen LogP contribution in [-0.2, 0) is 23.2 Å². The van der Waals surface area contributed by atoms with E-state index >= 15 is 0 Å². The molecule has 1 aliphatic rings. The van der Waals surface area contributed by atoms with E-state index in [1.165, 1.54) is 5.56 Å². The molecule has 1 heterocycles. The third kappa shape index (κ3) is 2.74. The largest absolute Gasteiger partial charge is 0.307 e. The molecule has 0 N–H and O–H groups in total. The van der Waals surface area contributed by atoms with Crippen molar-refractivity contribution in [2.24, 2.45) is 0 Å². The summed E-state index contributed by atoms with van der Waals surface area (Å²) in [5.74, 6) is 0.182. The second-order valence-electron chi connectivity index (χ2n) is 6.89. The van der Waals surface area contributed by atoms with E-state index in [0.717, 1.165) is 23.2 Å². The Morgan fingerprint density at radius 3 is 2.00 bits per heavy atom. The highest BCUT2D eigenvalue weighted by Gasteiger charge is 2.46. The van der Waals surface area contributed by atoms with Gasteiger partial charge in [-0.2, -0.15) is 0 Å². The van der Waals surface area contributed by atoms with Crippen molar-refractivity contribution in [2.75, 3.05) is 4.90 Å². The van der Waals surface area contributed by atoms with Crippen molar-refractivity contribution < 1.29 is 4.79 Å². The lowest BCUT2D eigenvalue weighted by molar-refractivity contribution is -0.122. The number of nitrogens with zero attached hydrogens (tertiary/aromatic N) is 1. The molecule has 3 aromatic rings. The van der Waals surface area contributed by atoms with Crippen molar-refractivity contribution in [3.63, 3.8) is 0 Å². The highest BCUT2D eigenvalue weighted by atomic mass is 16.2. The minimum absolute atomic E-state index is 0.182. The van der Waals surface area contributed by atoms with Crippen molar-refractivity contribution in [3.05, 3.63) is 102 Å². The summed E-state index contributed by atoms with van der Waals surface area (Å²) >= 11 is 0. The molecule has 0 aromatic heterocycles. The summed E-state index contributed by atoms with van der Waals surface area (Å²) in [6.45, 7) is 2.69. The van der Waals surface area contributed by atoms with Crippen molar-refractivity contribution in [1.82, 2.24) is 0 Å². The SMILES string of the molecule is CC1(Cc2ccccc2)C(=O)N(Cc2ccccc2)c2ccccc21. The minimum Gasteiger partial charge on any atom is -0.307 e. The molecule has 0 spiro atoms. The number of hydrogen-bond acceptors (Lipinski definition) is 1. The molecular weight excluding hydrogens is 306 g/mol. The van der Waals surface area contributed by atoms with Gasteiger partial charge in [0.15, 0.2) is 0 Å². The van der Waals surface area contributed by atoms with E-state index in [2.05, 4.69) is 43.3 Å². The zero-order valence-corrected chi connectivity index (χ0v) is 14.4. The van der Waals surface area contributed by atoms with Gasteiger partial charge in [0.1, 0.15) is 0 Å². The molecule has 1 atom stereocenters. The Balaban J connectivity index is 1.73. The van der Waals surface area contributed by atoms with Crippen molar-refractivity contribution in [1.29, 1.82) is 0 Å². The van der Waals surface area contributed by atoms with Crippen LogP contribution in [0.25, 0.3) is 0 Å². The van der Waals surface area contributed by atoms with Crippen molar-refractivity contribution in [3.8, 4) is 0 Å². The Bertz CT molecular complexity index is 888. The summed E-state index contributed by atoms with van der Waals surface area (Å²) in [6.07, 6.45) is 0.717. The fourth-order valence-electron chi connectivity index (χ4n) is 3.80. The van der Waals surface area contributed by atoms with Gasteiger partial charge in [-0.1, -0.05) is 78.9 Å². The van der Waals surface area contributed by atoms with Gasteiger partial charge in [0.2, 0.25) is 5.91 Å². The number of anilines is 1. The summed E-state index contributed by atoms with van der Waals surface area (Å²) in [5.41, 5.74) is 3.98. The summed E-state index contributed by atoms with van der Waals surface area (Å²) in [5, 5.41) is 0. The average Bonchev–Trinajstić information content (AvgIpc) is 2.86. The van der Waals surface area contributed by atoms with Crippen LogP contribution in [-0.4, -0.2) is 5.91 Å². The predicted octanol–water partition coefficient (Wildman–Crippen LogP) is 4.73. The molecule has 3 aromatic carbocycles. The van der Waals surface area contributed by atoms with Gasteiger partial charge in [0.05, 0.1) is 12.0 Å². The zero-order valence-electron chi connectivity index (χ0n) is 14.4. The van der Waals surface area contributed by atoms with Crippen molar-refractivity contribution >= 4 is 11.6 Å². The molecule has 0 aliphatic carbocycles. The summed E-state index contributed by atoms with van der Waals surface area (Å²) < 4.78 is 0. The first-order valence-corrected chi connectivity index (χ1v) is 8.68. The van der Waals surface area contributed by atoms with Gasteiger partial charge in [-0.15, -0.1) is 0 Å². The normalized spacial score (nSPS) is 19.1. The maximum atomic E-state index is 13.4. The van der Waals surface area contributed by atoms with Crippen LogP contribution in [0.3, 0.4) is 0 Å². The smallest absolute Gasteiger partial charge is 0.238 e. The number of rotatable bonds is 4. The zero-order chi connectivity index (χ0) is 17.3. The lowest BCUT2D eigenvalue weighted by Crippen LogP contribution is -2.39. The van der Waals surface area contributed by atoms with Gasteiger partial charge >= 0.3 is 0 Å². The van der Waals surface area contributed by atoms with Crippen LogP contribution in [0.4, 0.5) is 5.69 Å². The van der Waals surface area contributed by atoms with E-state index in [-0.39, 0.29) is 5.91 Å². The first-order valence-electron chi connectivity index (χ1n) is 8.68. The topological polar surface area (TPSA) is 20.3 Å². The third-order valence-electron chi connectivity index (χ3n) is 5.09. The summed E-state index contributed by atoms with van der Waals surface area (Å²) in [6, 6.07) is 28.7. The lowest BCUT2D eigenvalue weighted by Gasteiger charge is -2.25. The van der Waals surface area contributed by atoms with Crippen LogP contribution in [0.15, 0.2) is 84.9 Å². The van der Waals surface area contributed by atoms with Crippen LogP contribution in [0.1, 0.15) is 23.6 Å². The highest BCUT2D eigenvalue weighted by Crippen LogP contribution is 2.44. The Labute approximate surface area is 148 Å². The standard InChI is InChI=1S/C23H21NO/c1-23(16-18-10-4-2-5-11-18)20-14-8-9-15-21(20)24(22(23)25)17-19-12-6-3-7-13-19/h2-15H,16-17H2,1H3. The molecule has 1 aliphatic heterocycles. The van der Waals surface area contributed by atoms with Crippen LogP contribution in [0.2, 0.25) is 0 Å². The van der Waals surface area contributed by atoms with Gasteiger partial charge in [0, 0.05) is 5.69 Å². The number of hydrogen-bond donors (Lipinski definition) is 0. The van der Waals surface area contributed by atoms with E-state index in [4.69, 9.17) is 0 Å². The number of para-hydroxylation sites is 1. The second-order valence-corrected chi connectivity index (χ2v) is 6.89. The van der Waals surface area contributed by atoms with Gasteiger partial charge in [-0.25, -0.2) is 0 Å². The molecule has 0 bridgehead atoms. The molecule has 0 fully saturated rings. The monoisotopic (exact) mass is 327 g/mol. The van der Waals surface area contributed by atoms with Crippen molar-refractivity contribution in [2.45, 2.75) is 25.3 Å². The molecule has 0 saturated heterocycles. The molecule has 25 heavy (non-hydrogen) atoms. The molecule has 2 nitrogen and oxygen atoms in total. The molecular formula is C23H21NO. The molecule has 1 amide bonds. The van der Waals surface area contributed by atoms with E-state index in [1.54, 1.807) is 0 Å². The van der Waals surface area contributed by atoms with Gasteiger partial charge in [-0.3, -0.25) is 4.79 Å². The molecule has 1 unspecified atom stereocenters.